The molecule has 0 unspecified atom stereocenters. The second-order valence-corrected chi connectivity index (χ2v) is 4.17. The standard InChI is InChI=1S/C10H14N6/c1-8(2)7-15-3-4-16-10(15)9(6-13-16)5-12-14-11/h3-4,6,8H,5,7H2,1-2H3. The Kier molecular flexibility index (Phi) is 2.83. The molecule has 0 saturated heterocycles. The Morgan fingerprint density at radius 1 is 1.50 bits per heavy atom. The zero-order valence-electron chi connectivity index (χ0n) is 9.41. The van der Waals surface area contributed by atoms with Crippen LogP contribution in [0.4, 0.5) is 0 Å². The molecule has 0 aromatic carbocycles. The average molecular weight is 218 g/mol. The summed E-state index contributed by atoms with van der Waals surface area (Å²) in [6, 6.07) is 0. The van der Waals surface area contributed by atoms with Crippen molar-refractivity contribution in [2.45, 2.75) is 26.9 Å². The van der Waals surface area contributed by atoms with Gasteiger partial charge in [-0.2, -0.15) is 5.10 Å². The zero-order chi connectivity index (χ0) is 11.5. The number of aromatic nitrogens is 3. The third-order valence-electron chi connectivity index (χ3n) is 2.37. The highest BCUT2D eigenvalue weighted by Crippen LogP contribution is 2.14. The van der Waals surface area contributed by atoms with Crippen LogP contribution in [0.5, 0.6) is 0 Å². The third-order valence-corrected chi connectivity index (χ3v) is 2.37. The molecule has 0 N–H and O–H groups in total. The Hall–Kier alpha value is -1.94. The van der Waals surface area contributed by atoms with Crippen molar-refractivity contribution in [2.75, 3.05) is 0 Å². The minimum Gasteiger partial charge on any atom is -0.331 e. The molecule has 2 aromatic heterocycles. The molecule has 2 aromatic rings. The van der Waals surface area contributed by atoms with Crippen LogP contribution < -0.4 is 0 Å². The van der Waals surface area contributed by atoms with Crippen molar-refractivity contribution in [1.82, 2.24) is 14.2 Å². The van der Waals surface area contributed by atoms with Crippen LogP contribution in [-0.4, -0.2) is 14.2 Å². The van der Waals surface area contributed by atoms with E-state index in [0.29, 0.717) is 12.5 Å². The largest absolute Gasteiger partial charge is 0.331 e. The lowest BCUT2D eigenvalue weighted by atomic mass is 10.2. The van der Waals surface area contributed by atoms with Crippen LogP contribution in [0.2, 0.25) is 0 Å². The summed E-state index contributed by atoms with van der Waals surface area (Å²) >= 11 is 0. The fraction of sp³-hybridized carbons (Fsp3) is 0.500. The summed E-state index contributed by atoms with van der Waals surface area (Å²) in [5.74, 6) is 0.568. The number of hydrogen-bond acceptors (Lipinski definition) is 2. The van der Waals surface area contributed by atoms with E-state index in [-0.39, 0.29) is 0 Å². The minimum atomic E-state index is 0.349. The fourth-order valence-corrected chi connectivity index (χ4v) is 1.79. The number of hydrogen-bond donors (Lipinski definition) is 0. The molecule has 0 aliphatic carbocycles. The maximum atomic E-state index is 8.33. The Morgan fingerprint density at radius 3 is 3.00 bits per heavy atom. The predicted octanol–water partition coefficient (Wildman–Crippen LogP) is 2.60. The quantitative estimate of drug-likeness (QED) is 0.441. The van der Waals surface area contributed by atoms with E-state index in [2.05, 4.69) is 33.5 Å². The van der Waals surface area contributed by atoms with Crippen molar-refractivity contribution < 1.29 is 0 Å². The lowest BCUT2D eigenvalue weighted by molar-refractivity contribution is 0.533. The van der Waals surface area contributed by atoms with E-state index in [1.165, 1.54) is 0 Å². The summed E-state index contributed by atoms with van der Waals surface area (Å²) in [5, 5.41) is 7.79. The number of azide groups is 1. The van der Waals surface area contributed by atoms with E-state index < -0.39 is 0 Å². The second-order valence-electron chi connectivity index (χ2n) is 4.17. The molecule has 16 heavy (non-hydrogen) atoms. The first kappa shape index (κ1) is 10.6. The van der Waals surface area contributed by atoms with Crippen LogP contribution in [0.25, 0.3) is 16.1 Å². The van der Waals surface area contributed by atoms with E-state index in [0.717, 1.165) is 17.8 Å². The van der Waals surface area contributed by atoms with Crippen molar-refractivity contribution in [3.63, 3.8) is 0 Å². The van der Waals surface area contributed by atoms with Gasteiger partial charge >= 0.3 is 0 Å². The van der Waals surface area contributed by atoms with Gasteiger partial charge in [0, 0.05) is 29.4 Å². The van der Waals surface area contributed by atoms with Gasteiger partial charge in [-0.05, 0) is 11.4 Å². The molecule has 0 radical (unpaired) electrons. The Balaban J connectivity index is 2.41. The van der Waals surface area contributed by atoms with Crippen molar-refractivity contribution >= 4 is 5.65 Å². The van der Waals surface area contributed by atoms with E-state index in [1.54, 1.807) is 6.20 Å². The SMILES string of the molecule is CC(C)Cn1ccn2ncc(CN=[N+]=[N-])c12. The molecule has 0 spiro atoms. The fourth-order valence-electron chi connectivity index (χ4n) is 1.79. The van der Waals surface area contributed by atoms with Crippen molar-refractivity contribution in [3.05, 3.63) is 34.6 Å². The van der Waals surface area contributed by atoms with Gasteiger partial charge in [-0.25, -0.2) is 4.52 Å². The number of rotatable bonds is 4. The van der Waals surface area contributed by atoms with Gasteiger partial charge in [-0.15, -0.1) is 0 Å². The summed E-state index contributed by atoms with van der Waals surface area (Å²) in [5.41, 5.74) is 10.3. The molecule has 0 amide bonds. The first-order valence-corrected chi connectivity index (χ1v) is 5.24. The van der Waals surface area contributed by atoms with Gasteiger partial charge in [0.15, 0.2) is 0 Å². The average Bonchev–Trinajstić information content (AvgIpc) is 2.78. The van der Waals surface area contributed by atoms with Crippen LogP contribution >= 0.6 is 0 Å². The van der Waals surface area contributed by atoms with Crippen LogP contribution in [0.15, 0.2) is 23.7 Å². The van der Waals surface area contributed by atoms with Crippen molar-refractivity contribution in [2.24, 2.45) is 11.0 Å². The molecule has 0 fully saturated rings. The molecule has 6 nitrogen and oxygen atoms in total. The minimum absolute atomic E-state index is 0.349. The third kappa shape index (κ3) is 1.87. The summed E-state index contributed by atoms with van der Waals surface area (Å²) in [7, 11) is 0. The maximum absolute atomic E-state index is 8.33. The number of imidazole rings is 1. The van der Waals surface area contributed by atoms with Gasteiger partial charge in [0.05, 0.1) is 12.7 Å². The predicted molar refractivity (Wildman–Crippen MR) is 60.9 cm³/mol. The molecule has 0 bridgehead atoms. The maximum Gasteiger partial charge on any atom is 0.139 e. The first-order valence-electron chi connectivity index (χ1n) is 5.24. The van der Waals surface area contributed by atoms with Crippen molar-refractivity contribution in [1.29, 1.82) is 0 Å². The molecule has 2 heterocycles. The second kappa shape index (κ2) is 4.28. The Morgan fingerprint density at radius 2 is 2.31 bits per heavy atom. The molecular formula is C10H14N6. The summed E-state index contributed by atoms with van der Waals surface area (Å²) in [6.45, 7) is 5.62. The normalized spacial score (nSPS) is 10.9. The van der Waals surface area contributed by atoms with E-state index in [1.807, 2.05) is 16.9 Å². The molecule has 6 heteroatoms. The van der Waals surface area contributed by atoms with E-state index in [9.17, 15) is 0 Å². The van der Waals surface area contributed by atoms with Crippen LogP contribution in [0.3, 0.4) is 0 Å². The van der Waals surface area contributed by atoms with Gasteiger partial charge in [-0.3, -0.25) is 0 Å². The molecular weight excluding hydrogens is 204 g/mol. The van der Waals surface area contributed by atoms with Crippen LogP contribution in [-0.2, 0) is 13.1 Å². The van der Waals surface area contributed by atoms with Gasteiger partial charge in [-0.1, -0.05) is 19.0 Å². The van der Waals surface area contributed by atoms with Gasteiger partial charge < -0.3 is 4.57 Å². The summed E-state index contributed by atoms with van der Waals surface area (Å²) in [6.07, 6.45) is 5.67. The topological polar surface area (TPSA) is 71.0 Å². The highest BCUT2D eigenvalue weighted by Gasteiger charge is 2.09. The number of nitrogens with zero attached hydrogens (tertiary/aromatic N) is 6. The van der Waals surface area contributed by atoms with Gasteiger partial charge in [0.25, 0.3) is 0 Å². The Labute approximate surface area is 93.1 Å². The summed E-state index contributed by atoms with van der Waals surface area (Å²) < 4.78 is 3.95. The monoisotopic (exact) mass is 218 g/mol. The molecule has 84 valence electrons. The zero-order valence-corrected chi connectivity index (χ0v) is 9.41. The number of fused-ring (bicyclic) bond motifs is 1. The Bertz CT molecular complexity index is 528. The lowest BCUT2D eigenvalue weighted by Gasteiger charge is -2.07. The smallest absolute Gasteiger partial charge is 0.139 e. The van der Waals surface area contributed by atoms with Crippen LogP contribution in [0, 0.1) is 5.92 Å². The van der Waals surface area contributed by atoms with E-state index >= 15 is 0 Å². The molecule has 0 saturated carbocycles. The highest BCUT2D eigenvalue weighted by atomic mass is 15.3. The van der Waals surface area contributed by atoms with Gasteiger partial charge in [0.1, 0.15) is 5.65 Å². The van der Waals surface area contributed by atoms with Gasteiger partial charge in [0.2, 0.25) is 0 Å². The van der Waals surface area contributed by atoms with Crippen molar-refractivity contribution in [3.8, 4) is 0 Å². The lowest BCUT2D eigenvalue weighted by Crippen LogP contribution is -2.04. The van der Waals surface area contributed by atoms with Crippen LogP contribution in [0.1, 0.15) is 19.4 Å². The molecule has 2 rings (SSSR count). The first-order chi connectivity index (χ1) is 7.72. The molecule has 0 aliphatic rings. The molecule has 0 atom stereocenters. The highest BCUT2D eigenvalue weighted by molar-refractivity contribution is 5.48. The van der Waals surface area contributed by atoms with E-state index in [4.69, 9.17) is 5.53 Å². The molecule has 0 aliphatic heterocycles. The summed E-state index contributed by atoms with van der Waals surface area (Å²) in [4.78, 5) is 2.77.